The summed E-state index contributed by atoms with van der Waals surface area (Å²) in [4.78, 5) is 10.6. The standard InChI is InChI=1S/C9H11NO4/c1-6(2)14-7-3-4-10(13)8(5-7)9(11)12/h3-6H,1-2H3,(H,11,12). The number of hydrogen-bond donors (Lipinski definition) is 1. The van der Waals surface area contributed by atoms with Crippen LogP contribution in [0.3, 0.4) is 0 Å². The summed E-state index contributed by atoms with van der Waals surface area (Å²) in [6, 6.07) is 2.63. The Kier molecular flexibility index (Phi) is 2.91. The van der Waals surface area contributed by atoms with Gasteiger partial charge in [-0.25, -0.2) is 4.79 Å². The van der Waals surface area contributed by atoms with Gasteiger partial charge in [-0.1, -0.05) is 0 Å². The molecule has 0 aromatic carbocycles. The lowest BCUT2D eigenvalue weighted by molar-refractivity contribution is -0.608. The van der Waals surface area contributed by atoms with Crippen molar-refractivity contribution < 1.29 is 19.4 Å². The summed E-state index contributed by atoms with van der Waals surface area (Å²) in [5, 5.41) is 19.6. The Bertz CT molecular complexity index is 349. The third kappa shape index (κ3) is 2.35. The number of nitrogens with zero attached hydrogens (tertiary/aromatic N) is 1. The Balaban J connectivity index is 3.00. The minimum absolute atomic E-state index is 0.0563. The molecule has 1 rings (SSSR count). The van der Waals surface area contributed by atoms with Crippen LogP contribution in [0.25, 0.3) is 0 Å². The predicted molar refractivity (Wildman–Crippen MR) is 48.1 cm³/mol. The van der Waals surface area contributed by atoms with Crippen LogP contribution in [-0.2, 0) is 0 Å². The van der Waals surface area contributed by atoms with Crippen molar-refractivity contribution in [2.75, 3.05) is 0 Å². The molecular formula is C9H11NO4. The number of rotatable bonds is 3. The highest BCUT2D eigenvalue weighted by Gasteiger charge is 2.15. The quantitative estimate of drug-likeness (QED) is 0.574. The average Bonchev–Trinajstić information content (AvgIpc) is 2.07. The molecule has 1 heterocycles. The van der Waals surface area contributed by atoms with Gasteiger partial charge in [0.2, 0.25) is 0 Å². The molecule has 1 N–H and O–H groups in total. The fraction of sp³-hybridized carbons (Fsp3) is 0.333. The van der Waals surface area contributed by atoms with E-state index in [0.717, 1.165) is 6.20 Å². The number of pyridine rings is 1. The maximum atomic E-state index is 11.0. The molecular weight excluding hydrogens is 186 g/mol. The molecule has 14 heavy (non-hydrogen) atoms. The van der Waals surface area contributed by atoms with Crippen LogP contribution in [0.2, 0.25) is 0 Å². The number of carboxylic acid groups (broad SMARTS) is 1. The Morgan fingerprint density at radius 2 is 2.29 bits per heavy atom. The van der Waals surface area contributed by atoms with E-state index in [1.54, 1.807) is 0 Å². The minimum Gasteiger partial charge on any atom is -0.618 e. The van der Waals surface area contributed by atoms with Crippen LogP contribution in [0.15, 0.2) is 18.3 Å². The van der Waals surface area contributed by atoms with Gasteiger partial charge in [-0.2, -0.15) is 4.73 Å². The third-order valence-electron chi connectivity index (χ3n) is 1.48. The lowest BCUT2D eigenvalue weighted by Gasteiger charge is -2.09. The van der Waals surface area contributed by atoms with Crippen molar-refractivity contribution in [3.63, 3.8) is 0 Å². The van der Waals surface area contributed by atoms with Gasteiger partial charge in [-0.15, -0.1) is 0 Å². The van der Waals surface area contributed by atoms with E-state index in [1.807, 2.05) is 13.8 Å². The highest BCUT2D eigenvalue weighted by Crippen LogP contribution is 2.11. The van der Waals surface area contributed by atoms with E-state index in [9.17, 15) is 10.0 Å². The second kappa shape index (κ2) is 3.95. The van der Waals surface area contributed by atoms with Gasteiger partial charge < -0.3 is 15.1 Å². The molecule has 0 aliphatic rings. The molecule has 0 aliphatic carbocycles. The molecule has 0 amide bonds. The summed E-state index contributed by atoms with van der Waals surface area (Å²) in [6.45, 7) is 3.64. The van der Waals surface area contributed by atoms with Crippen LogP contribution in [0.1, 0.15) is 24.3 Å². The summed E-state index contributed by atoms with van der Waals surface area (Å²) in [6.07, 6.45) is 1.06. The van der Waals surface area contributed by atoms with Crippen molar-refractivity contribution in [2.45, 2.75) is 20.0 Å². The minimum atomic E-state index is -1.27. The van der Waals surface area contributed by atoms with E-state index in [2.05, 4.69) is 0 Å². The molecule has 0 aliphatic heterocycles. The van der Waals surface area contributed by atoms with Crippen molar-refractivity contribution in [2.24, 2.45) is 0 Å². The van der Waals surface area contributed by atoms with Gasteiger partial charge >= 0.3 is 11.7 Å². The van der Waals surface area contributed by atoms with Gasteiger partial charge in [0.25, 0.3) is 0 Å². The van der Waals surface area contributed by atoms with E-state index < -0.39 is 5.97 Å². The molecule has 76 valence electrons. The van der Waals surface area contributed by atoms with Crippen LogP contribution < -0.4 is 9.47 Å². The number of aromatic nitrogens is 1. The Labute approximate surface area is 81.1 Å². The van der Waals surface area contributed by atoms with Crippen molar-refractivity contribution >= 4 is 5.97 Å². The Morgan fingerprint density at radius 1 is 1.64 bits per heavy atom. The summed E-state index contributed by atoms with van der Waals surface area (Å²) in [5.41, 5.74) is -0.344. The monoisotopic (exact) mass is 197 g/mol. The molecule has 1 aromatic rings. The maximum absolute atomic E-state index is 11.0. The molecule has 0 atom stereocenters. The van der Waals surface area contributed by atoms with Crippen molar-refractivity contribution in [3.05, 3.63) is 29.2 Å². The number of ether oxygens (including phenoxy) is 1. The van der Waals surface area contributed by atoms with Gasteiger partial charge in [0.15, 0.2) is 6.20 Å². The molecule has 0 radical (unpaired) electrons. The lowest BCUT2D eigenvalue weighted by Crippen LogP contribution is -2.34. The molecule has 0 fully saturated rings. The van der Waals surface area contributed by atoms with Crippen LogP contribution in [0.4, 0.5) is 0 Å². The normalized spacial score (nSPS) is 10.2. The predicted octanol–water partition coefficient (Wildman–Crippen LogP) is 0.805. The summed E-state index contributed by atoms with van der Waals surface area (Å²) in [5.74, 6) is -0.890. The zero-order chi connectivity index (χ0) is 10.7. The fourth-order valence-corrected chi connectivity index (χ4v) is 0.969. The van der Waals surface area contributed by atoms with Gasteiger partial charge in [-0.05, 0) is 13.8 Å². The molecule has 5 heteroatoms. The maximum Gasteiger partial charge on any atom is 0.402 e. The van der Waals surface area contributed by atoms with Crippen LogP contribution >= 0.6 is 0 Å². The molecule has 1 aromatic heterocycles. The number of carboxylic acids is 1. The van der Waals surface area contributed by atoms with Gasteiger partial charge in [0.05, 0.1) is 12.2 Å². The number of hydrogen-bond acceptors (Lipinski definition) is 3. The highest BCUT2D eigenvalue weighted by molar-refractivity contribution is 5.84. The molecule has 0 spiro atoms. The molecule has 0 saturated heterocycles. The van der Waals surface area contributed by atoms with Crippen LogP contribution in [-0.4, -0.2) is 17.2 Å². The third-order valence-corrected chi connectivity index (χ3v) is 1.48. The highest BCUT2D eigenvalue weighted by atomic mass is 16.5. The number of aromatic carboxylic acids is 1. The van der Waals surface area contributed by atoms with E-state index in [-0.39, 0.29) is 16.5 Å². The Hall–Kier alpha value is -1.78. The van der Waals surface area contributed by atoms with E-state index in [0.29, 0.717) is 5.75 Å². The molecule has 0 unspecified atom stereocenters. The molecule has 0 bridgehead atoms. The summed E-state index contributed by atoms with van der Waals surface area (Å²) >= 11 is 0. The zero-order valence-corrected chi connectivity index (χ0v) is 7.93. The lowest BCUT2D eigenvalue weighted by atomic mass is 10.3. The van der Waals surface area contributed by atoms with Gasteiger partial charge in [0, 0.05) is 6.07 Å². The average molecular weight is 197 g/mol. The summed E-state index contributed by atoms with van der Waals surface area (Å²) in [7, 11) is 0. The first kappa shape index (κ1) is 10.3. The van der Waals surface area contributed by atoms with E-state index >= 15 is 0 Å². The number of carbonyl (C=O) groups is 1. The zero-order valence-electron chi connectivity index (χ0n) is 7.93. The largest absolute Gasteiger partial charge is 0.618 e. The van der Waals surface area contributed by atoms with Crippen LogP contribution in [0, 0.1) is 5.21 Å². The van der Waals surface area contributed by atoms with E-state index in [1.165, 1.54) is 12.1 Å². The van der Waals surface area contributed by atoms with E-state index in [4.69, 9.17) is 9.84 Å². The smallest absolute Gasteiger partial charge is 0.402 e. The molecule has 5 nitrogen and oxygen atoms in total. The SMILES string of the molecule is CC(C)Oc1cc[n+]([O-])c(C(=O)O)c1. The Morgan fingerprint density at radius 3 is 2.79 bits per heavy atom. The second-order valence-electron chi connectivity index (χ2n) is 3.05. The fourth-order valence-electron chi connectivity index (χ4n) is 0.969. The van der Waals surface area contributed by atoms with Crippen molar-refractivity contribution in [1.29, 1.82) is 0 Å². The van der Waals surface area contributed by atoms with Crippen molar-refractivity contribution in [3.8, 4) is 5.75 Å². The van der Waals surface area contributed by atoms with Crippen LogP contribution in [0.5, 0.6) is 5.75 Å². The first-order valence-electron chi connectivity index (χ1n) is 4.14. The van der Waals surface area contributed by atoms with Gasteiger partial charge in [0.1, 0.15) is 5.75 Å². The van der Waals surface area contributed by atoms with Gasteiger partial charge in [-0.3, -0.25) is 0 Å². The molecule has 0 saturated carbocycles. The summed E-state index contributed by atoms with van der Waals surface area (Å²) < 4.78 is 5.53. The second-order valence-corrected chi connectivity index (χ2v) is 3.05. The van der Waals surface area contributed by atoms with Crippen molar-refractivity contribution in [1.82, 2.24) is 0 Å². The first-order chi connectivity index (χ1) is 6.50. The first-order valence-corrected chi connectivity index (χ1v) is 4.14. The topological polar surface area (TPSA) is 73.5 Å².